The first kappa shape index (κ1) is 17.4. The second kappa shape index (κ2) is 7.67. The largest absolute Gasteiger partial charge is 0.505 e. The van der Waals surface area contributed by atoms with Crippen LogP contribution in [0.15, 0.2) is 105 Å². The molecule has 0 unspecified atom stereocenters. The zero-order chi connectivity index (χ0) is 19.3. The fourth-order valence-corrected chi connectivity index (χ4v) is 2.78. The first-order valence-corrected chi connectivity index (χ1v) is 8.70. The molecule has 0 saturated carbocycles. The number of anilines is 1. The molecule has 28 heavy (non-hydrogen) atoms. The van der Waals surface area contributed by atoms with E-state index in [-0.39, 0.29) is 5.75 Å². The predicted molar refractivity (Wildman–Crippen MR) is 111 cm³/mol. The molecule has 0 spiro atoms. The Morgan fingerprint density at radius 2 is 1.14 bits per heavy atom. The fourth-order valence-electron chi connectivity index (χ4n) is 2.78. The van der Waals surface area contributed by atoms with Crippen molar-refractivity contribution in [3.63, 3.8) is 0 Å². The summed E-state index contributed by atoms with van der Waals surface area (Å²) in [5.41, 5.74) is 8.87. The highest BCUT2D eigenvalue weighted by Crippen LogP contribution is 2.41. The summed E-state index contributed by atoms with van der Waals surface area (Å²) in [5.74, 6) is 0.0216. The van der Waals surface area contributed by atoms with Gasteiger partial charge in [0, 0.05) is 10.8 Å². The summed E-state index contributed by atoms with van der Waals surface area (Å²) in [5, 5.41) is 28.8. The Bertz CT molecular complexity index is 1170. The summed E-state index contributed by atoms with van der Waals surface area (Å²) in [6.07, 6.45) is 0. The zero-order valence-electron chi connectivity index (χ0n) is 14.9. The van der Waals surface area contributed by atoms with Crippen molar-refractivity contribution in [3.8, 4) is 5.75 Å². The van der Waals surface area contributed by atoms with Crippen LogP contribution >= 0.6 is 0 Å². The van der Waals surface area contributed by atoms with Crippen molar-refractivity contribution in [1.82, 2.24) is 0 Å². The topological polar surface area (TPSA) is 95.7 Å². The van der Waals surface area contributed by atoms with Gasteiger partial charge in [-0.2, -0.15) is 10.2 Å². The minimum atomic E-state index is 0.0216. The van der Waals surface area contributed by atoms with E-state index in [0.717, 1.165) is 5.69 Å². The molecule has 136 valence electrons. The molecule has 4 aromatic rings. The number of hydrogen-bond acceptors (Lipinski definition) is 6. The summed E-state index contributed by atoms with van der Waals surface area (Å²) < 4.78 is 0. The average molecular weight is 367 g/mol. The van der Waals surface area contributed by atoms with Gasteiger partial charge in [0.25, 0.3) is 0 Å². The third-order valence-corrected chi connectivity index (χ3v) is 4.20. The van der Waals surface area contributed by atoms with Gasteiger partial charge in [-0.25, -0.2) is 0 Å². The minimum absolute atomic E-state index is 0.0216. The van der Waals surface area contributed by atoms with E-state index in [9.17, 15) is 5.11 Å². The second-order valence-corrected chi connectivity index (χ2v) is 6.10. The van der Waals surface area contributed by atoms with Crippen LogP contribution in [0.3, 0.4) is 0 Å². The average Bonchev–Trinajstić information content (AvgIpc) is 2.74. The van der Waals surface area contributed by atoms with Gasteiger partial charge in [-0.15, -0.1) is 10.2 Å². The number of fused-ring (bicyclic) bond motifs is 1. The van der Waals surface area contributed by atoms with Crippen molar-refractivity contribution in [2.24, 2.45) is 20.5 Å². The lowest BCUT2D eigenvalue weighted by Gasteiger charge is -2.08. The Morgan fingerprint density at radius 1 is 0.571 bits per heavy atom. The third-order valence-electron chi connectivity index (χ3n) is 4.20. The number of nitrogen functional groups attached to an aromatic ring is 1. The molecule has 0 aliphatic rings. The molecular formula is C22H17N5O. The molecule has 0 atom stereocenters. The van der Waals surface area contributed by atoms with E-state index in [1.54, 1.807) is 18.2 Å². The number of rotatable bonds is 4. The van der Waals surface area contributed by atoms with Crippen LogP contribution in [-0.2, 0) is 0 Å². The van der Waals surface area contributed by atoms with Crippen molar-refractivity contribution in [1.29, 1.82) is 0 Å². The minimum Gasteiger partial charge on any atom is -0.505 e. The van der Waals surface area contributed by atoms with Gasteiger partial charge in [0.15, 0.2) is 5.75 Å². The number of phenolic OH excluding ortho intramolecular Hbond substituents is 1. The maximum Gasteiger partial charge on any atom is 0.150 e. The Balaban J connectivity index is 1.74. The van der Waals surface area contributed by atoms with Gasteiger partial charge in [-0.1, -0.05) is 36.4 Å². The summed E-state index contributed by atoms with van der Waals surface area (Å²) in [6, 6.07) is 25.6. The molecule has 0 fully saturated rings. The van der Waals surface area contributed by atoms with Crippen LogP contribution in [-0.4, -0.2) is 5.11 Å². The molecule has 0 radical (unpaired) electrons. The van der Waals surface area contributed by atoms with Gasteiger partial charge in [0.1, 0.15) is 11.4 Å². The van der Waals surface area contributed by atoms with E-state index in [2.05, 4.69) is 20.5 Å². The SMILES string of the molecule is Nc1ccc2c(O)c(N=Nc3ccccc3)ccc2c1N=Nc1ccccc1. The number of nitrogens with two attached hydrogens (primary N) is 1. The molecule has 0 saturated heterocycles. The number of benzene rings is 4. The molecule has 0 aliphatic carbocycles. The Morgan fingerprint density at radius 3 is 1.79 bits per heavy atom. The van der Waals surface area contributed by atoms with Gasteiger partial charge < -0.3 is 10.8 Å². The van der Waals surface area contributed by atoms with E-state index in [1.807, 2.05) is 66.7 Å². The molecule has 6 heteroatoms. The van der Waals surface area contributed by atoms with Gasteiger partial charge >= 0.3 is 0 Å². The first-order chi connectivity index (χ1) is 13.7. The quantitative estimate of drug-likeness (QED) is 0.301. The van der Waals surface area contributed by atoms with Crippen LogP contribution < -0.4 is 5.73 Å². The highest BCUT2D eigenvalue weighted by atomic mass is 16.3. The Labute approximate surface area is 161 Å². The lowest BCUT2D eigenvalue weighted by atomic mass is 10.1. The van der Waals surface area contributed by atoms with Crippen molar-refractivity contribution in [2.45, 2.75) is 0 Å². The summed E-state index contributed by atoms with van der Waals surface area (Å²) in [4.78, 5) is 0. The standard InChI is InChI=1S/C22H17N5O/c23-19-13-11-18-17(21(19)27-25-16-9-5-2-6-10-16)12-14-20(22(18)28)26-24-15-7-3-1-4-8-15/h1-14,28H,23H2. The van der Waals surface area contributed by atoms with Crippen LogP contribution in [0.25, 0.3) is 10.8 Å². The van der Waals surface area contributed by atoms with E-state index in [4.69, 9.17) is 5.73 Å². The molecule has 0 bridgehead atoms. The van der Waals surface area contributed by atoms with Crippen LogP contribution in [0.1, 0.15) is 0 Å². The highest BCUT2D eigenvalue weighted by molar-refractivity contribution is 6.03. The molecule has 0 aliphatic heterocycles. The van der Waals surface area contributed by atoms with Gasteiger partial charge in [-0.3, -0.25) is 0 Å². The van der Waals surface area contributed by atoms with Crippen LogP contribution in [0.2, 0.25) is 0 Å². The van der Waals surface area contributed by atoms with Crippen LogP contribution in [0.4, 0.5) is 28.4 Å². The smallest absolute Gasteiger partial charge is 0.150 e. The fraction of sp³-hybridized carbons (Fsp3) is 0. The normalized spacial score (nSPS) is 11.6. The number of aromatic hydroxyl groups is 1. The monoisotopic (exact) mass is 367 g/mol. The maximum atomic E-state index is 10.7. The lowest BCUT2D eigenvalue weighted by Crippen LogP contribution is -1.86. The maximum absolute atomic E-state index is 10.7. The van der Waals surface area contributed by atoms with E-state index >= 15 is 0 Å². The predicted octanol–water partition coefficient (Wildman–Crippen LogP) is 6.96. The van der Waals surface area contributed by atoms with E-state index in [0.29, 0.717) is 33.5 Å². The van der Waals surface area contributed by atoms with Gasteiger partial charge in [0.2, 0.25) is 0 Å². The molecule has 4 rings (SSSR count). The zero-order valence-corrected chi connectivity index (χ0v) is 14.9. The van der Waals surface area contributed by atoms with Crippen LogP contribution in [0.5, 0.6) is 5.75 Å². The lowest BCUT2D eigenvalue weighted by molar-refractivity contribution is 0.482. The molecule has 0 heterocycles. The summed E-state index contributed by atoms with van der Waals surface area (Å²) in [6.45, 7) is 0. The molecule has 6 nitrogen and oxygen atoms in total. The van der Waals surface area contributed by atoms with Crippen molar-refractivity contribution >= 4 is 39.2 Å². The highest BCUT2D eigenvalue weighted by Gasteiger charge is 2.11. The number of hydrogen-bond donors (Lipinski definition) is 2. The Kier molecular flexibility index (Phi) is 4.76. The molecule has 3 N–H and O–H groups in total. The summed E-state index contributed by atoms with van der Waals surface area (Å²) >= 11 is 0. The molecule has 0 aromatic heterocycles. The first-order valence-electron chi connectivity index (χ1n) is 8.70. The number of phenols is 1. The molecule has 4 aromatic carbocycles. The van der Waals surface area contributed by atoms with Gasteiger partial charge in [0.05, 0.1) is 17.1 Å². The second-order valence-electron chi connectivity index (χ2n) is 6.10. The van der Waals surface area contributed by atoms with Crippen molar-refractivity contribution in [3.05, 3.63) is 84.9 Å². The van der Waals surface area contributed by atoms with Crippen LogP contribution in [0, 0.1) is 0 Å². The summed E-state index contributed by atoms with van der Waals surface area (Å²) in [7, 11) is 0. The van der Waals surface area contributed by atoms with E-state index < -0.39 is 0 Å². The molecule has 0 amide bonds. The van der Waals surface area contributed by atoms with E-state index in [1.165, 1.54) is 0 Å². The molecular weight excluding hydrogens is 350 g/mol. The Hall–Kier alpha value is -4.06. The number of azo groups is 2. The van der Waals surface area contributed by atoms with Gasteiger partial charge in [-0.05, 0) is 48.5 Å². The number of nitrogens with zero attached hydrogens (tertiary/aromatic N) is 4. The third kappa shape index (κ3) is 3.57. The van der Waals surface area contributed by atoms with Crippen molar-refractivity contribution < 1.29 is 5.11 Å². The van der Waals surface area contributed by atoms with Crippen molar-refractivity contribution in [2.75, 3.05) is 5.73 Å².